The smallest absolute Gasteiger partial charge is 0.247 e. The van der Waals surface area contributed by atoms with Gasteiger partial charge in [-0.2, -0.15) is 0 Å². The highest BCUT2D eigenvalue weighted by Crippen LogP contribution is 2.32. The van der Waals surface area contributed by atoms with Crippen molar-refractivity contribution in [1.29, 1.82) is 0 Å². The number of nitrogens with one attached hydrogen (secondary N) is 1. The average Bonchev–Trinajstić information content (AvgIpc) is 3.19. The highest BCUT2D eigenvalue weighted by molar-refractivity contribution is 6.01. The summed E-state index contributed by atoms with van der Waals surface area (Å²) in [6.07, 6.45) is 3.60. The topological polar surface area (TPSA) is 105 Å². The molecule has 2 aliphatic heterocycles. The van der Waals surface area contributed by atoms with Gasteiger partial charge in [0.1, 0.15) is 17.4 Å². The molecule has 0 radical (unpaired) electrons. The number of halogens is 1. The van der Waals surface area contributed by atoms with Crippen LogP contribution in [0.25, 0.3) is 0 Å². The Morgan fingerprint density at radius 3 is 2.49 bits per heavy atom. The minimum absolute atomic E-state index is 0.0487. The number of carbonyl (C=O) groups excluding carboxylic acids is 3. The van der Waals surface area contributed by atoms with Gasteiger partial charge in [-0.3, -0.25) is 14.4 Å². The number of fused-ring (bicyclic) bond motifs is 1. The molecule has 0 aliphatic carbocycles. The van der Waals surface area contributed by atoms with Crippen LogP contribution in [0, 0.1) is 5.82 Å². The van der Waals surface area contributed by atoms with Crippen LogP contribution < -0.4 is 11.1 Å². The molecule has 0 saturated carbocycles. The molecule has 196 valence electrons. The van der Waals surface area contributed by atoms with Crippen molar-refractivity contribution in [3.8, 4) is 0 Å². The van der Waals surface area contributed by atoms with Gasteiger partial charge in [0, 0.05) is 25.7 Å². The van der Waals surface area contributed by atoms with E-state index in [0.717, 1.165) is 11.1 Å². The Balaban J connectivity index is 1.52. The van der Waals surface area contributed by atoms with Gasteiger partial charge in [0.25, 0.3) is 0 Å². The molecule has 1 saturated heterocycles. The maximum absolute atomic E-state index is 13.7. The number of carbonyl (C=O) groups is 3. The average molecular weight is 509 g/mol. The third kappa shape index (κ3) is 6.06. The molecule has 2 amide bonds. The number of hydrogen-bond acceptors (Lipinski definition) is 6. The minimum atomic E-state index is -1.19. The summed E-state index contributed by atoms with van der Waals surface area (Å²) in [6, 6.07) is 14.6. The molecule has 2 heterocycles. The molecule has 8 nitrogen and oxygen atoms in total. The number of ether oxygens (including phenoxy) is 1. The second kappa shape index (κ2) is 10.8. The van der Waals surface area contributed by atoms with Crippen LogP contribution in [0.5, 0.6) is 0 Å². The van der Waals surface area contributed by atoms with Gasteiger partial charge in [-0.15, -0.1) is 0 Å². The lowest BCUT2D eigenvalue weighted by atomic mass is 9.84. The summed E-state index contributed by atoms with van der Waals surface area (Å²) in [6.45, 7) is 4.31. The number of ketones is 1. The Bertz CT molecular complexity index is 1160. The third-order valence-electron chi connectivity index (χ3n) is 6.78. The van der Waals surface area contributed by atoms with E-state index < -0.39 is 23.0 Å². The van der Waals surface area contributed by atoms with Gasteiger partial charge in [-0.05, 0) is 43.2 Å². The van der Waals surface area contributed by atoms with Gasteiger partial charge < -0.3 is 25.6 Å². The van der Waals surface area contributed by atoms with E-state index in [2.05, 4.69) is 5.32 Å². The molecule has 2 aromatic rings. The van der Waals surface area contributed by atoms with Crippen LogP contribution in [-0.4, -0.2) is 70.8 Å². The number of nitrogens with two attached hydrogens (primary N) is 1. The largest absolute Gasteiger partial charge is 0.374 e. The Morgan fingerprint density at radius 2 is 1.81 bits per heavy atom. The standard InChI is InChI=1S/C28H33FN4O4/c1-27(2,30)26(36)31-23(18-37-17-21-6-4-3-5-7-21)25(35)32-14-15-33-13-12-24(34)28(33,19-32)16-20-8-10-22(29)11-9-20/h3-13,23H,14-19,30H2,1-2H3,(H,31,36)/t23-,28+/m1/s1. The van der Waals surface area contributed by atoms with Crippen LogP contribution >= 0.6 is 0 Å². The minimum Gasteiger partial charge on any atom is -0.374 e. The molecule has 3 N–H and O–H groups in total. The van der Waals surface area contributed by atoms with E-state index in [1.165, 1.54) is 18.2 Å². The predicted molar refractivity (Wildman–Crippen MR) is 137 cm³/mol. The van der Waals surface area contributed by atoms with Gasteiger partial charge in [0.2, 0.25) is 11.8 Å². The van der Waals surface area contributed by atoms with E-state index in [1.807, 2.05) is 35.2 Å². The lowest BCUT2D eigenvalue weighted by Gasteiger charge is -2.47. The quantitative estimate of drug-likeness (QED) is 0.535. The normalized spacial score (nSPS) is 20.1. The zero-order valence-electron chi connectivity index (χ0n) is 21.2. The van der Waals surface area contributed by atoms with E-state index in [4.69, 9.17) is 10.5 Å². The zero-order valence-corrected chi connectivity index (χ0v) is 21.2. The number of amides is 2. The van der Waals surface area contributed by atoms with Gasteiger partial charge in [0.05, 0.1) is 25.3 Å². The van der Waals surface area contributed by atoms with Crippen LogP contribution in [0.3, 0.4) is 0 Å². The second-order valence-electron chi connectivity index (χ2n) is 10.2. The molecule has 1 fully saturated rings. The van der Waals surface area contributed by atoms with E-state index >= 15 is 0 Å². The molecular weight excluding hydrogens is 475 g/mol. The van der Waals surface area contributed by atoms with Crippen molar-refractivity contribution in [2.24, 2.45) is 5.73 Å². The lowest BCUT2D eigenvalue weighted by Crippen LogP contribution is -2.66. The molecule has 0 spiro atoms. The van der Waals surface area contributed by atoms with Crippen molar-refractivity contribution in [2.75, 3.05) is 26.2 Å². The van der Waals surface area contributed by atoms with Gasteiger partial charge in [-0.25, -0.2) is 4.39 Å². The molecule has 2 aromatic carbocycles. The summed E-state index contributed by atoms with van der Waals surface area (Å²) < 4.78 is 19.3. The molecule has 2 atom stereocenters. The maximum Gasteiger partial charge on any atom is 0.247 e. The zero-order chi connectivity index (χ0) is 26.6. The SMILES string of the molecule is CC(C)(N)C(=O)N[C@H](COCc1ccccc1)C(=O)N1CCN2C=CC(=O)[C@]2(Cc2ccc(F)cc2)C1. The predicted octanol–water partition coefficient (Wildman–Crippen LogP) is 1.79. The summed E-state index contributed by atoms with van der Waals surface area (Å²) in [7, 11) is 0. The van der Waals surface area contributed by atoms with Crippen LogP contribution in [0.1, 0.15) is 25.0 Å². The highest BCUT2D eigenvalue weighted by Gasteiger charge is 2.50. The molecule has 0 unspecified atom stereocenters. The summed E-state index contributed by atoms with van der Waals surface area (Å²) in [5.74, 6) is -1.29. The molecule has 4 rings (SSSR count). The fourth-order valence-electron chi connectivity index (χ4n) is 4.66. The number of benzene rings is 2. The first-order valence-corrected chi connectivity index (χ1v) is 12.3. The number of piperazine rings is 1. The van der Waals surface area contributed by atoms with Crippen molar-refractivity contribution in [1.82, 2.24) is 15.1 Å². The Morgan fingerprint density at radius 1 is 1.11 bits per heavy atom. The fourth-order valence-corrected chi connectivity index (χ4v) is 4.66. The first-order chi connectivity index (χ1) is 17.6. The molecule has 37 heavy (non-hydrogen) atoms. The van der Waals surface area contributed by atoms with Crippen LogP contribution in [0.2, 0.25) is 0 Å². The molecule has 2 aliphatic rings. The third-order valence-corrected chi connectivity index (χ3v) is 6.78. The van der Waals surface area contributed by atoms with Crippen LogP contribution in [0.4, 0.5) is 4.39 Å². The van der Waals surface area contributed by atoms with E-state index in [9.17, 15) is 18.8 Å². The molecule has 0 bridgehead atoms. The lowest BCUT2D eigenvalue weighted by molar-refractivity contribution is -0.145. The second-order valence-corrected chi connectivity index (χ2v) is 10.2. The van der Waals surface area contributed by atoms with Crippen molar-refractivity contribution in [3.05, 3.63) is 83.8 Å². The maximum atomic E-state index is 13.7. The van der Waals surface area contributed by atoms with Crippen LogP contribution in [0.15, 0.2) is 66.9 Å². The Hall–Kier alpha value is -3.56. The van der Waals surface area contributed by atoms with Gasteiger partial charge in [-0.1, -0.05) is 42.5 Å². The number of rotatable bonds is 9. The van der Waals surface area contributed by atoms with Crippen molar-refractivity contribution in [3.63, 3.8) is 0 Å². The first kappa shape index (κ1) is 26.5. The fraction of sp³-hybridized carbons (Fsp3) is 0.393. The van der Waals surface area contributed by atoms with Gasteiger partial charge >= 0.3 is 0 Å². The van der Waals surface area contributed by atoms with E-state index in [-0.39, 0.29) is 37.3 Å². The highest BCUT2D eigenvalue weighted by atomic mass is 19.1. The summed E-state index contributed by atoms with van der Waals surface area (Å²) >= 11 is 0. The molecule has 0 aromatic heterocycles. The first-order valence-electron chi connectivity index (χ1n) is 12.3. The molecular formula is C28H33FN4O4. The number of hydrogen-bond donors (Lipinski definition) is 2. The summed E-state index contributed by atoms with van der Waals surface area (Å²) in [5, 5.41) is 2.74. The van der Waals surface area contributed by atoms with E-state index in [1.54, 1.807) is 37.1 Å². The van der Waals surface area contributed by atoms with Crippen LogP contribution in [-0.2, 0) is 32.1 Å². The van der Waals surface area contributed by atoms with Crippen molar-refractivity contribution in [2.45, 2.75) is 44.0 Å². The van der Waals surface area contributed by atoms with Gasteiger partial charge in [0.15, 0.2) is 5.78 Å². The Kier molecular flexibility index (Phi) is 7.75. The number of nitrogens with zero attached hydrogens (tertiary/aromatic N) is 2. The molecule has 9 heteroatoms. The summed E-state index contributed by atoms with van der Waals surface area (Å²) in [5.41, 5.74) is 5.52. The van der Waals surface area contributed by atoms with E-state index in [0.29, 0.717) is 19.5 Å². The monoisotopic (exact) mass is 508 g/mol. The summed E-state index contributed by atoms with van der Waals surface area (Å²) in [4.78, 5) is 43.1. The Labute approximate surface area is 216 Å². The van der Waals surface area contributed by atoms with Crippen molar-refractivity contribution >= 4 is 17.6 Å². The van der Waals surface area contributed by atoms with Crippen molar-refractivity contribution < 1.29 is 23.5 Å².